The lowest BCUT2D eigenvalue weighted by molar-refractivity contribution is -0.130. The second kappa shape index (κ2) is 6.96. The highest BCUT2D eigenvalue weighted by molar-refractivity contribution is 7.99. The Balaban J connectivity index is 1.93. The highest BCUT2D eigenvalue weighted by Gasteiger charge is 2.30. The predicted molar refractivity (Wildman–Crippen MR) is 79.1 cm³/mol. The molecule has 19 heavy (non-hydrogen) atoms. The van der Waals surface area contributed by atoms with Crippen LogP contribution in [0.25, 0.3) is 0 Å². The fourth-order valence-corrected chi connectivity index (χ4v) is 3.75. The van der Waals surface area contributed by atoms with Crippen LogP contribution in [0.15, 0.2) is 30.3 Å². The van der Waals surface area contributed by atoms with Gasteiger partial charge in [0, 0.05) is 11.3 Å². The van der Waals surface area contributed by atoms with Gasteiger partial charge in [-0.1, -0.05) is 43.7 Å². The Morgan fingerprint density at radius 1 is 1.42 bits per heavy atom. The van der Waals surface area contributed by atoms with Gasteiger partial charge in [-0.05, 0) is 24.2 Å². The zero-order valence-electron chi connectivity index (χ0n) is 11.2. The molecule has 3 unspecified atom stereocenters. The standard InChI is InChI=1S/C15H21NO2S/c1-2-19-13-10-6-9-12(13)16-15(18)14(17)11-7-4-3-5-8-11/h3-5,7-8,12-14,17H,2,6,9-10H2,1H3,(H,16,18). The molecular formula is C15H21NO2S. The number of thioether (sulfide) groups is 1. The molecule has 104 valence electrons. The first kappa shape index (κ1) is 14.4. The molecule has 0 spiro atoms. The first-order chi connectivity index (χ1) is 9.22. The summed E-state index contributed by atoms with van der Waals surface area (Å²) in [5, 5.41) is 13.5. The summed E-state index contributed by atoms with van der Waals surface area (Å²) in [4.78, 5) is 12.1. The summed E-state index contributed by atoms with van der Waals surface area (Å²) in [5.74, 6) is 0.790. The normalized spacial score (nSPS) is 24.1. The summed E-state index contributed by atoms with van der Waals surface area (Å²) in [7, 11) is 0. The molecule has 2 N–H and O–H groups in total. The topological polar surface area (TPSA) is 49.3 Å². The first-order valence-corrected chi connectivity index (χ1v) is 7.92. The molecule has 1 amide bonds. The van der Waals surface area contributed by atoms with Gasteiger partial charge in [0.15, 0.2) is 6.10 Å². The van der Waals surface area contributed by atoms with Gasteiger partial charge in [-0.15, -0.1) is 0 Å². The third-order valence-electron chi connectivity index (χ3n) is 3.52. The van der Waals surface area contributed by atoms with Crippen molar-refractivity contribution in [1.29, 1.82) is 0 Å². The number of hydrogen-bond donors (Lipinski definition) is 2. The summed E-state index contributed by atoms with van der Waals surface area (Å²) in [6.07, 6.45) is 2.27. The van der Waals surface area contributed by atoms with Crippen LogP contribution in [0.1, 0.15) is 37.9 Å². The van der Waals surface area contributed by atoms with Crippen LogP contribution in [0.2, 0.25) is 0 Å². The lowest BCUT2D eigenvalue weighted by Crippen LogP contribution is -2.41. The summed E-state index contributed by atoms with van der Waals surface area (Å²) in [5.41, 5.74) is 0.651. The Kier molecular flexibility index (Phi) is 5.28. The Hall–Kier alpha value is -1.00. The van der Waals surface area contributed by atoms with E-state index in [4.69, 9.17) is 0 Å². The van der Waals surface area contributed by atoms with Crippen molar-refractivity contribution in [1.82, 2.24) is 5.32 Å². The van der Waals surface area contributed by atoms with Crippen LogP contribution in [0, 0.1) is 0 Å². The Labute approximate surface area is 118 Å². The lowest BCUT2D eigenvalue weighted by Gasteiger charge is -2.22. The van der Waals surface area contributed by atoms with E-state index in [2.05, 4.69) is 12.2 Å². The number of rotatable bonds is 5. The molecule has 1 fully saturated rings. The van der Waals surface area contributed by atoms with E-state index in [-0.39, 0.29) is 11.9 Å². The number of benzene rings is 1. The first-order valence-electron chi connectivity index (χ1n) is 6.87. The van der Waals surface area contributed by atoms with Crippen molar-refractivity contribution in [2.24, 2.45) is 0 Å². The van der Waals surface area contributed by atoms with Crippen LogP contribution in [-0.2, 0) is 4.79 Å². The maximum absolute atomic E-state index is 12.1. The zero-order chi connectivity index (χ0) is 13.7. The molecule has 1 aliphatic carbocycles. The number of carbonyl (C=O) groups is 1. The minimum Gasteiger partial charge on any atom is -0.378 e. The maximum atomic E-state index is 12.1. The van der Waals surface area contributed by atoms with Gasteiger partial charge >= 0.3 is 0 Å². The van der Waals surface area contributed by atoms with Crippen molar-refractivity contribution in [2.75, 3.05) is 5.75 Å². The molecule has 1 aromatic carbocycles. The molecule has 0 saturated heterocycles. The molecule has 0 bridgehead atoms. The molecule has 0 aliphatic heterocycles. The fraction of sp³-hybridized carbons (Fsp3) is 0.533. The average molecular weight is 279 g/mol. The van der Waals surface area contributed by atoms with Gasteiger partial charge in [0.25, 0.3) is 5.91 Å². The molecule has 0 radical (unpaired) electrons. The number of aliphatic hydroxyl groups excluding tert-OH is 1. The number of aliphatic hydroxyl groups is 1. The van der Waals surface area contributed by atoms with Crippen molar-refractivity contribution in [2.45, 2.75) is 43.6 Å². The van der Waals surface area contributed by atoms with Crippen LogP contribution < -0.4 is 5.32 Å². The lowest BCUT2D eigenvalue weighted by atomic mass is 10.1. The van der Waals surface area contributed by atoms with Gasteiger partial charge in [0.2, 0.25) is 0 Å². The van der Waals surface area contributed by atoms with Crippen molar-refractivity contribution < 1.29 is 9.90 Å². The second-order valence-electron chi connectivity index (χ2n) is 4.85. The third-order valence-corrected chi connectivity index (χ3v) is 4.85. The van der Waals surface area contributed by atoms with Crippen LogP contribution in [0.3, 0.4) is 0 Å². The molecule has 1 aromatic rings. The van der Waals surface area contributed by atoms with E-state index in [9.17, 15) is 9.90 Å². The molecule has 3 atom stereocenters. The molecule has 3 nitrogen and oxygen atoms in total. The van der Waals surface area contributed by atoms with Crippen LogP contribution in [0.4, 0.5) is 0 Å². The second-order valence-corrected chi connectivity index (χ2v) is 6.37. The third kappa shape index (κ3) is 3.74. The van der Waals surface area contributed by atoms with Gasteiger partial charge in [-0.25, -0.2) is 0 Å². The Morgan fingerprint density at radius 3 is 2.84 bits per heavy atom. The molecule has 0 heterocycles. The maximum Gasteiger partial charge on any atom is 0.253 e. The van der Waals surface area contributed by atoms with Crippen LogP contribution >= 0.6 is 11.8 Å². The largest absolute Gasteiger partial charge is 0.378 e. The van der Waals surface area contributed by atoms with Crippen molar-refractivity contribution in [3.63, 3.8) is 0 Å². The summed E-state index contributed by atoms with van der Waals surface area (Å²) in [6, 6.07) is 9.29. The van der Waals surface area contributed by atoms with Crippen molar-refractivity contribution in [3.8, 4) is 0 Å². The van der Waals surface area contributed by atoms with Crippen molar-refractivity contribution >= 4 is 17.7 Å². The van der Waals surface area contributed by atoms with Gasteiger partial charge in [0.1, 0.15) is 0 Å². The number of carbonyl (C=O) groups excluding carboxylic acids is 1. The van der Waals surface area contributed by atoms with Crippen molar-refractivity contribution in [3.05, 3.63) is 35.9 Å². The monoisotopic (exact) mass is 279 g/mol. The summed E-state index contributed by atoms with van der Waals surface area (Å²) >= 11 is 1.90. The summed E-state index contributed by atoms with van der Waals surface area (Å²) < 4.78 is 0. The summed E-state index contributed by atoms with van der Waals surface area (Å²) in [6.45, 7) is 2.14. The van der Waals surface area contributed by atoms with E-state index in [1.54, 1.807) is 12.1 Å². The molecule has 4 heteroatoms. The van der Waals surface area contributed by atoms with E-state index in [1.807, 2.05) is 30.0 Å². The Morgan fingerprint density at radius 2 is 2.16 bits per heavy atom. The molecule has 1 saturated carbocycles. The van der Waals surface area contributed by atoms with E-state index < -0.39 is 6.10 Å². The highest BCUT2D eigenvalue weighted by Crippen LogP contribution is 2.30. The number of amides is 1. The minimum absolute atomic E-state index is 0.204. The molecule has 2 rings (SSSR count). The minimum atomic E-state index is -1.06. The zero-order valence-corrected chi connectivity index (χ0v) is 12.0. The molecule has 1 aliphatic rings. The smallest absolute Gasteiger partial charge is 0.253 e. The van der Waals surface area contributed by atoms with Gasteiger partial charge in [-0.2, -0.15) is 11.8 Å². The number of nitrogens with one attached hydrogen (secondary N) is 1. The van der Waals surface area contributed by atoms with E-state index in [0.717, 1.165) is 25.0 Å². The molecular weight excluding hydrogens is 258 g/mol. The predicted octanol–water partition coefficient (Wildman–Crippen LogP) is 2.51. The van der Waals surface area contributed by atoms with E-state index in [1.165, 1.54) is 0 Å². The Bertz CT molecular complexity index is 410. The fourth-order valence-electron chi connectivity index (χ4n) is 2.55. The van der Waals surface area contributed by atoms with Gasteiger partial charge in [0.05, 0.1) is 0 Å². The quantitative estimate of drug-likeness (QED) is 0.870. The highest BCUT2D eigenvalue weighted by atomic mass is 32.2. The number of hydrogen-bond acceptors (Lipinski definition) is 3. The van der Waals surface area contributed by atoms with Gasteiger partial charge < -0.3 is 10.4 Å². The van der Waals surface area contributed by atoms with E-state index >= 15 is 0 Å². The average Bonchev–Trinajstić information content (AvgIpc) is 2.86. The van der Waals surface area contributed by atoms with Crippen LogP contribution in [-0.4, -0.2) is 28.1 Å². The van der Waals surface area contributed by atoms with Gasteiger partial charge in [-0.3, -0.25) is 4.79 Å². The van der Waals surface area contributed by atoms with Crippen LogP contribution in [0.5, 0.6) is 0 Å². The SMILES string of the molecule is CCSC1CCCC1NC(=O)C(O)c1ccccc1. The molecule has 0 aromatic heterocycles. The van der Waals surface area contributed by atoms with E-state index in [0.29, 0.717) is 10.8 Å².